The fourth-order valence-electron chi connectivity index (χ4n) is 4.84. The van der Waals surface area contributed by atoms with Gasteiger partial charge in [0.2, 0.25) is 0 Å². The van der Waals surface area contributed by atoms with Crippen molar-refractivity contribution >= 4 is 48.2 Å². The maximum absolute atomic E-state index is 13.5. The number of nitrogens with one attached hydrogen (secondary N) is 2. The van der Waals surface area contributed by atoms with Gasteiger partial charge in [-0.15, -0.1) is 0 Å². The Morgan fingerprint density at radius 3 is 2.77 bits per heavy atom. The number of aromatic nitrogens is 3. The first kappa shape index (κ1) is 30.8. The van der Waals surface area contributed by atoms with E-state index in [1.165, 1.54) is 18.5 Å². The van der Waals surface area contributed by atoms with Crippen LogP contribution in [0.25, 0.3) is 10.9 Å². The molecule has 226 valence electrons. The molecule has 12 heteroatoms. The summed E-state index contributed by atoms with van der Waals surface area (Å²) in [7, 11) is -2.99. The van der Waals surface area contributed by atoms with Crippen LogP contribution < -0.4 is 15.4 Å². The van der Waals surface area contributed by atoms with Gasteiger partial charge in [-0.05, 0) is 83.4 Å². The average molecular weight is 671 g/mol. The highest BCUT2D eigenvalue weighted by Gasteiger charge is 2.36. The van der Waals surface area contributed by atoms with Crippen LogP contribution in [0.3, 0.4) is 0 Å². The lowest BCUT2D eigenvalue weighted by Crippen LogP contribution is -2.29. The molecule has 0 radical (unpaired) electrons. The monoisotopic (exact) mass is 669 g/mol. The summed E-state index contributed by atoms with van der Waals surface area (Å²) in [5, 5.41) is 7.41. The van der Waals surface area contributed by atoms with Gasteiger partial charge in [-0.1, -0.05) is 19.1 Å². The van der Waals surface area contributed by atoms with E-state index < -0.39 is 15.4 Å². The number of sulfone groups is 1. The Balaban J connectivity index is 1.28. The Labute approximate surface area is 259 Å². The second-order valence-electron chi connectivity index (χ2n) is 10.3. The van der Waals surface area contributed by atoms with Crippen molar-refractivity contribution in [3.63, 3.8) is 0 Å². The highest BCUT2D eigenvalue weighted by atomic mass is 79.9. The zero-order valence-electron chi connectivity index (χ0n) is 23.7. The van der Waals surface area contributed by atoms with E-state index in [-0.39, 0.29) is 23.9 Å². The van der Waals surface area contributed by atoms with Crippen molar-refractivity contribution in [2.75, 3.05) is 29.9 Å². The number of pyridine rings is 1. The molecule has 2 aromatic heterocycles. The molecule has 1 aliphatic heterocycles. The number of anilines is 2. The van der Waals surface area contributed by atoms with Crippen molar-refractivity contribution in [2.45, 2.75) is 38.4 Å². The molecule has 0 fully saturated rings. The number of nitrogens with zero attached hydrogens (tertiary/aromatic N) is 3. The molecule has 0 saturated carbocycles. The molecule has 2 aromatic carbocycles. The van der Waals surface area contributed by atoms with E-state index in [9.17, 15) is 12.8 Å². The minimum Gasteiger partial charge on any atom is -0.489 e. The van der Waals surface area contributed by atoms with Gasteiger partial charge in [0.1, 0.15) is 30.3 Å². The molecule has 0 bridgehead atoms. The fourth-order valence-corrected chi connectivity index (χ4v) is 6.08. The van der Waals surface area contributed by atoms with E-state index in [2.05, 4.69) is 36.5 Å². The van der Waals surface area contributed by atoms with Crippen molar-refractivity contribution in [2.24, 2.45) is 0 Å². The first-order valence-electron chi connectivity index (χ1n) is 14.1. The van der Waals surface area contributed by atoms with Crippen LogP contribution in [0.2, 0.25) is 0 Å². The Bertz CT molecular complexity index is 1710. The molecule has 4 aromatic rings. The van der Waals surface area contributed by atoms with Gasteiger partial charge >= 0.3 is 0 Å². The molecule has 2 N–H and O–H groups in total. The van der Waals surface area contributed by atoms with E-state index in [1.54, 1.807) is 25.4 Å². The number of hydrogen-bond donors (Lipinski definition) is 2. The van der Waals surface area contributed by atoms with Crippen LogP contribution in [0.1, 0.15) is 37.4 Å². The topological polar surface area (TPSA) is 115 Å². The molecule has 9 nitrogen and oxygen atoms in total. The Kier molecular flexibility index (Phi) is 9.89. The largest absolute Gasteiger partial charge is 0.489 e. The Morgan fingerprint density at radius 1 is 1.12 bits per heavy atom. The summed E-state index contributed by atoms with van der Waals surface area (Å²) in [5.41, 5.74) is 2.37. The van der Waals surface area contributed by atoms with Crippen LogP contribution >= 0.6 is 15.9 Å². The lowest BCUT2D eigenvalue weighted by molar-refractivity contribution is 0.0265. The summed E-state index contributed by atoms with van der Waals surface area (Å²) in [6.45, 7) is 3.00. The average Bonchev–Trinajstić information content (AvgIpc) is 3.48. The third-order valence-corrected chi connectivity index (χ3v) is 9.59. The summed E-state index contributed by atoms with van der Waals surface area (Å²) in [5.74, 6) is 1.24. The van der Waals surface area contributed by atoms with E-state index in [0.717, 1.165) is 33.2 Å². The van der Waals surface area contributed by atoms with Crippen molar-refractivity contribution in [1.82, 2.24) is 20.3 Å². The highest BCUT2D eigenvalue weighted by Crippen LogP contribution is 2.39. The summed E-state index contributed by atoms with van der Waals surface area (Å²) in [6, 6.07) is 13.9. The molecule has 0 spiro atoms. The van der Waals surface area contributed by atoms with Crippen LogP contribution in [-0.4, -0.2) is 48.0 Å². The standard InChI is InChI=1S/C31H33BrFN5O4S/c1-2-43(39,40)15-13-34-12-4-10-31(11-5-14-42-31)29-18-25-27(19-35-29)36-21-37-30(25)38-24-8-9-28(26(32)17-24)41-20-22-6-3-7-23(33)16-22/h3,5-9,14,16-19,21,34H,2,4,10-13,15,20H2,1H3,(H,36,37,38). The van der Waals surface area contributed by atoms with Crippen LogP contribution in [0.15, 0.2) is 77.9 Å². The second-order valence-corrected chi connectivity index (χ2v) is 13.6. The molecule has 1 unspecified atom stereocenters. The smallest absolute Gasteiger partial charge is 0.153 e. The zero-order valence-corrected chi connectivity index (χ0v) is 26.1. The molecule has 1 aliphatic rings. The van der Waals surface area contributed by atoms with Gasteiger partial charge < -0.3 is 20.1 Å². The molecule has 0 amide bonds. The number of hydrogen-bond acceptors (Lipinski definition) is 9. The van der Waals surface area contributed by atoms with Crippen LogP contribution in [-0.2, 0) is 26.8 Å². The summed E-state index contributed by atoms with van der Waals surface area (Å²) >= 11 is 3.57. The number of fused-ring (bicyclic) bond motifs is 1. The molecule has 0 aliphatic carbocycles. The second kappa shape index (κ2) is 13.8. The molecule has 1 atom stereocenters. The summed E-state index contributed by atoms with van der Waals surface area (Å²) in [4.78, 5) is 13.6. The van der Waals surface area contributed by atoms with Crippen LogP contribution in [0.4, 0.5) is 15.9 Å². The van der Waals surface area contributed by atoms with Gasteiger partial charge in [0, 0.05) is 29.8 Å². The van der Waals surface area contributed by atoms with Crippen molar-refractivity contribution in [3.8, 4) is 5.75 Å². The predicted molar refractivity (Wildman–Crippen MR) is 168 cm³/mol. The van der Waals surface area contributed by atoms with Crippen molar-refractivity contribution in [1.29, 1.82) is 0 Å². The summed E-state index contributed by atoms with van der Waals surface area (Å²) in [6.07, 6.45) is 9.08. The number of halogens is 2. The summed E-state index contributed by atoms with van der Waals surface area (Å²) < 4.78 is 49.7. The van der Waals surface area contributed by atoms with E-state index in [1.807, 2.05) is 36.4 Å². The normalized spacial score (nSPS) is 16.3. The predicted octanol–water partition coefficient (Wildman–Crippen LogP) is 6.18. The number of rotatable bonds is 14. The molecule has 3 heterocycles. The van der Waals surface area contributed by atoms with Crippen molar-refractivity contribution in [3.05, 3.63) is 94.9 Å². The van der Waals surface area contributed by atoms with Crippen molar-refractivity contribution < 1.29 is 22.3 Å². The quantitative estimate of drug-likeness (QED) is 0.152. The van der Waals surface area contributed by atoms with Gasteiger partial charge in [0.05, 0.1) is 33.9 Å². The Hall–Kier alpha value is -3.61. The van der Waals surface area contributed by atoms with Gasteiger partial charge in [-0.25, -0.2) is 22.8 Å². The maximum Gasteiger partial charge on any atom is 0.153 e. The fraction of sp³-hybridized carbons (Fsp3) is 0.323. The number of ether oxygens (including phenoxy) is 2. The SMILES string of the molecule is CCS(=O)(=O)CCNCCCC1(c2cc3c(Nc4ccc(OCc5cccc(F)c5)c(Br)c4)ncnc3cn2)CC=CO1. The Morgan fingerprint density at radius 2 is 2.00 bits per heavy atom. The maximum atomic E-state index is 13.5. The van der Waals surface area contributed by atoms with Gasteiger partial charge in [-0.2, -0.15) is 0 Å². The minimum absolute atomic E-state index is 0.135. The minimum atomic E-state index is -2.99. The third kappa shape index (κ3) is 7.87. The zero-order chi connectivity index (χ0) is 30.3. The molecular weight excluding hydrogens is 637 g/mol. The molecule has 0 saturated heterocycles. The van der Waals surface area contributed by atoms with Gasteiger partial charge in [0.15, 0.2) is 15.4 Å². The highest BCUT2D eigenvalue weighted by molar-refractivity contribution is 9.10. The number of benzene rings is 2. The lowest BCUT2D eigenvalue weighted by atomic mass is 9.90. The first-order chi connectivity index (χ1) is 20.8. The van der Waals surface area contributed by atoms with Crippen LogP contribution in [0.5, 0.6) is 5.75 Å². The van der Waals surface area contributed by atoms with Gasteiger partial charge in [-0.3, -0.25) is 4.98 Å². The van der Waals surface area contributed by atoms with Crippen LogP contribution in [0, 0.1) is 5.82 Å². The van der Waals surface area contributed by atoms with E-state index in [4.69, 9.17) is 14.5 Å². The molecule has 43 heavy (non-hydrogen) atoms. The van der Waals surface area contributed by atoms with Gasteiger partial charge in [0.25, 0.3) is 0 Å². The first-order valence-corrected chi connectivity index (χ1v) is 16.7. The molecule has 5 rings (SSSR count). The third-order valence-electron chi connectivity index (χ3n) is 7.27. The molecular formula is C31H33BrFN5O4S. The lowest BCUT2D eigenvalue weighted by Gasteiger charge is -2.28. The van der Waals surface area contributed by atoms with E-state index >= 15 is 0 Å². The van der Waals surface area contributed by atoms with E-state index in [0.29, 0.717) is 43.0 Å².